The van der Waals surface area contributed by atoms with E-state index in [1.54, 1.807) is 22.7 Å². The molecular formula is C18H12N2S2. The third kappa shape index (κ3) is 2.58. The summed E-state index contributed by atoms with van der Waals surface area (Å²) >= 11 is 3.29. The molecule has 0 bridgehead atoms. The minimum atomic E-state index is 0.978. The van der Waals surface area contributed by atoms with Crippen LogP contribution in [0.1, 0.15) is 0 Å². The summed E-state index contributed by atoms with van der Waals surface area (Å²) in [6, 6.07) is 20.5. The first-order chi connectivity index (χ1) is 10.9. The van der Waals surface area contributed by atoms with Crippen molar-refractivity contribution in [3.05, 3.63) is 71.4 Å². The normalized spacial score (nSPS) is 10.7. The Morgan fingerprint density at radius 2 is 0.955 bits per heavy atom. The van der Waals surface area contributed by atoms with Gasteiger partial charge in [0.05, 0.1) is 11.4 Å². The van der Waals surface area contributed by atoms with Gasteiger partial charge in [0.1, 0.15) is 0 Å². The third-order valence-corrected chi connectivity index (χ3v) is 5.16. The van der Waals surface area contributed by atoms with Crippen LogP contribution < -0.4 is 0 Å². The quantitative estimate of drug-likeness (QED) is 0.491. The van der Waals surface area contributed by atoms with E-state index < -0.39 is 0 Å². The summed E-state index contributed by atoms with van der Waals surface area (Å²) < 4.78 is 0. The highest BCUT2D eigenvalue weighted by Crippen LogP contribution is 2.33. The number of aromatic nitrogens is 2. The minimum Gasteiger partial charge on any atom is -0.233 e. The maximum absolute atomic E-state index is 4.72. The maximum atomic E-state index is 4.72. The number of hydrogen-bond acceptors (Lipinski definition) is 4. The number of nitrogens with zero attached hydrogens (tertiary/aromatic N) is 2. The molecule has 4 heteroatoms. The van der Waals surface area contributed by atoms with Gasteiger partial charge in [-0.1, -0.05) is 60.7 Å². The van der Waals surface area contributed by atoms with Gasteiger partial charge in [0.2, 0.25) is 0 Å². The molecule has 0 radical (unpaired) electrons. The van der Waals surface area contributed by atoms with Crippen molar-refractivity contribution in [3.63, 3.8) is 0 Å². The number of rotatable bonds is 3. The SMILES string of the molecule is c1ccc(-c2csc(-c3nc(-c4ccccc4)cs3)n2)cc1. The molecule has 4 aromatic rings. The predicted molar refractivity (Wildman–Crippen MR) is 94.1 cm³/mol. The molecule has 0 aliphatic heterocycles. The van der Waals surface area contributed by atoms with E-state index in [1.807, 2.05) is 36.4 Å². The summed E-state index contributed by atoms with van der Waals surface area (Å²) in [6.07, 6.45) is 0. The van der Waals surface area contributed by atoms with Crippen molar-refractivity contribution in [1.29, 1.82) is 0 Å². The molecule has 2 nitrogen and oxygen atoms in total. The first-order valence-corrected chi connectivity index (χ1v) is 8.68. The van der Waals surface area contributed by atoms with Crippen LogP contribution in [-0.2, 0) is 0 Å². The Labute approximate surface area is 136 Å². The van der Waals surface area contributed by atoms with Gasteiger partial charge in [0.15, 0.2) is 10.0 Å². The van der Waals surface area contributed by atoms with Gasteiger partial charge in [-0.25, -0.2) is 9.97 Å². The lowest BCUT2D eigenvalue weighted by Gasteiger charge is -1.94. The summed E-state index contributed by atoms with van der Waals surface area (Å²) in [7, 11) is 0. The van der Waals surface area contributed by atoms with Gasteiger partial charge in [0, 0.05) is 21.9 Å². The van der Waals surface area contributed by atoms with Crippen LogP contribution in [0.2, 0.25) is 0 Å². The predicted octanol–water partition coefficient (Wildman–Crippen LogP) is 5.60. The number of thiazole rings is 2. The first kappa shape index (κ1) is 13.4. The fourth-order valence-electron chi connectivity index (χ4n) is 2.23. The van der Waals surface area contributed by atoms with Crippen LogP contribution in [0.4, 0.5) is 0 Å². The topological polar surface area (TPSA) is 25.8 Å². The Kier molecular flexibility index (Phi) is 3.54. The van der Waals surface area contributed by atoms with Gasteiger partial charge < -0.3 is 0 Å². The molecule has 0 fully saturated rings. The van der Waals surface area contributed by atoms with Crippen molar-refractivity contribution in [2.45, 2.75) is 0 Å². The molecule has 0 saturated heterocycles. The molecule has 2 aromatic heterocycles. The van der Waals surface area contributed by atoms with E-state index in [1.165, 1.54) is 0 Å². The maximum Gasteiger partial charge on any atom is 0.152 e. The lowest BCUT2D eigenvalue weighted by Crippen LogP contribution is -1.80. The smallest absolute Gasteiger partial charge is 0.152 e. The Morgan fingerprint density at radius 1 is 0.545 bits per heavy atom. The molecule has 0 N–H and O–H groups in total. The molecule has 2 heterocycles. The van der Waals surface area contributed by atoms with E-state index in [-0.39, 0.29) is 0 Å². The summed E-state index contributed by atoms with van der Waals surface area (Å²) in [4.78, 5) is 9.45. The molecule has 0 saturated carbocycles. The fraction of sp³-hybridized carbons (Fsp3) is 0. The van der Waals surface area contributed by atoms with Crippen LogP contribution in [-0.4, -0.2) is 9.97 Å². The van der Waals surface area contributed by atoms with Crippen LogP contribution in [0.15, 0.2) is 71.4 Å². The Bertz CT molecular complexity index is 804. The lowest BCUT2D eigenvalue weighted by molar-refractivity contribution is 1.35. The van der Waals surface area contributed by atoms with Crippen LogP contribution in [0.5, 0.6) is 0 Å². The van der Waals surface area contributed by atoms with E-state index in [0.717, 1.165) is 32.5 Å². The van der Waals surface area contributed by atoms with Gasteiger partial charge in [0.25, 0.3) is 0 Å². The molecule has 0 amide bonds. The van der Waals surface area contributed by atoms with E-state index >= 15 is 0 Å². The molecule has 22 heavy (non-hydrogen) atoms. The number of hydrogen-bond donors (Lipinski definition) is 0. The van der Waals surface area contributed by atoms with Crippen molar-refractivity contribution >= 4 is 22.7 Å². The molecule has 0 unspecified atom stereocenters. The number of benzene rings is 2. The highest BCUT2D eigenvalue weighted by Gasteiger charge is 2.11. The van der Waals surface area contributed by atoms with Crippen molar-refractivity contribution in [1.82, 2.24) is 9.97 Å². The highest BCUT2D eigenvalue weighted by atomic mass is 32.1. The van der Waals surface area contributed by atoms with E-state index in [9.17, 15) is 0 Å². The summed E-state index contributed by atoms with van der Waals surface area (Å²) in [5, 5.41) is 6.14. The van der Waals surface area contributed by atoms with Crippen LogP contribution in [0, 0.1) is 0 Å². The van der Waals surface area contributed by atoms with Gasteiger partial charge in [-0.3, -0.25) is 0 Å². The van der Waals surface area contributed by atoms with Crippen LogP contribution in [0.3, 0.4) is 0 Å². The molecule has 0 atom stereocenters. The molecule has 0 spiro atoms. The fourth-order valence-corrected chi connectivity index (χ4v) is 3.93. The molecular weight excluding hydrogens is 308 g/mol. The molecule has 2 aromatic carbocycles. The monoisotopic (exact) mass is 320 g/mol. The average Bonchev–Trinajstić information content (AvgIpc) is 3.26. The zero-order chi connectivity index (χ0) is 14.8. The minimum absolute atomic E-state index is 0.978. The molecule has 0 aliphatic rings. The molecule has 0 aliphatic carbocycles. The van der Waals surface area contributed by atoms with Crippen LogP contribution in [0.25, 0.3) is 32.5 Å². The Balaban J connectivity index is 1.66. The van der Waals surface area contributed by atoms with Crippen molar-refractivity contribution in [2.24, 2.45) is 0 Å². The lowest BCUT2D eigenvalue weighted by atomic mass is 10.2. The van der Waals surface area contributed by atoms with E-state index in [2.05, 4.69) is 35.0 Å². The summed E-state index contributed by atoms with van der Waals surface area (Å²) in [5.41, 5.74) is 4.31. The van der Waals surface area contributed by atoms with Crippen molar-refractivity contribution in [2.75, 3.05) is 0 Å². The summed E-state index contributed by atoms with van der Waals surface area (Å²) in [6.45, 7) is 0. The Morgan fingerprint density at radius 3 is 1.36 bits per heavy atom. The van der Waals surface area contributed by atoms with Gasteiger partial charge in [-0.2, -0.15) is 0 Å². The second-order valence-electron chi connectivity index (χ2n) is 4.81. The summed E-state index contributed by atoms with van der Waals surface area (Å²) in [5.74, 6) is 0. The van der Waals surface area contributed by atoms with Crippen molar-refractivity contribution < 1.29 is 0 Å². The van der Waals surface area contributed by atoms with E-state index in [0.29, 0.717) is 0 Å². The standard InChI is InChI=1S/C18H12N2S2/c1-3-7-13(8-4-1)15-11-21-17(19-15)18-20-16(12-22-18)14-9-5-2-6-10-14/h1-12H. The van der Waals surface area contributed by atoms with Gasteiger partial charge in [-0.05, 0) is 0 Å². The second kappa shape index (κ2) is 5.83. The zero-order valence-corrected chi connectivity index (χ0v) is 13.3. The van der Waals surface area contributed by atoms with Crippen LogP contribution >= 0.6 is 22.7 Å². The van der Waals surface area contributed by atoms with E-state index in [4.69, 9.17) is 9.97 Å². The van der Waals surface area contributed by atoms with Crippen molar-refractivity contribution in [3.8, 4) is 32.5 Å². The first-order valence-electron chi connectivity index (χ1n) is 6.92. The van der Waals surface area contributed by atoms with Gasteiger partial charge in [-0.15, -0.1) is 22.7 Å². The highest BCUT2D eigenvalue weighted by molar-refractivity contribution is 7.20. The molecule has 4 rings (SSSR count). The Hall–Kier alpha value is -2.30. The average molecular weight is 320 g/mol. The second-order valence-corrected chi connectivity index (χ2v) is 6.52. The third-order valence-electron chi connectivity index (χ3n) is 3.33. The zero-order valence-electron chi connectivity index (χ0n) is 11.6. The van der Waals surface area contributed by atoms with Gasteiger partial charge >= 0.3 is 0 Å². The largest absolute Gasteiger partial charge is 0.233 e. The molecule has 106 valence electrons.